The zero-order valence-electron chi connectivity index (χ0n) is 8.93. The largest absolute Gasteiger partial charge is 0.281 e. The highest BCUT2D eigenvalue weighted by Gasteiger charge is 2.19. The molecule has 1 aliphatic carbocycles. The molecule has 0 amide bonds. The van der Waals surface area contributed by atoms with Gasteiger partial charge in [0, 0.05) is 6.42 Å². The van der Waals surface area contributed by atoms with Crippen LogP contribution in [0.25, 0.3) is 0 Å². The van der Waals surface area contributed by atoms with Gasteiger partial charge in [-0.15, -0.1) is 0 Å². The molecule has 14 heavy (non-hydrogen) atoms. The van der Waals surface area contributed by atoms with Crippen LogP contribution in [0.4, 0.5) is 0 Å². The van der Waals surface area contributed by atoms with E-state index >= 15 is 0 Å². The molecule has 0 aliphatic heterocycles. The van der Waals surface area contributed by atoms with Crippen molar-refractivity contribution < 1.29 is 4.79 Å². The molecule has 0 aromatic carbocycles. The molecule has 0 saturated heterocycles. The molecule has 0 bridgehead atoms. The lowest BCUT2D eigenvalue weighted by Gasteiger charge is -2.00. The summed E-state index contributed by atoms with van der Waals surface area (Å²) in [4.78, 5) is 10.4. The lowest BCUT2D eigenvalue weighted by molar-refractivity contribution is -0.111. The molecular weight excluding hydrogens is 196 g/mol. The molecule has 2 heteroatoms. The predicted molar refractivity (Wildman–Crippen MR) is 60.5 cm³/mol. The van der Waals surface area contributed by atoms with Crippen LogP contribution in [0.2, 0.25) is 0 Å². The highest BCUT2D eigenvalue weighted by molar-refractivity contribution is 6.63. The topological polar surface area (TPSA) is 17.1 Å². The molecule has 1 rings (SSSR count). The minimum atomic E-state index is -0.182. The number of rotatable bonds is 9. The third-order valence-corrected chi connectivity index (χ3v) is 3.12. The van der Waals surface area contributed by atoms with Gasteiger partial charge in [-0.3, -0.25) is 4.79 Å². The maximum absolute atomic E-state index is 10.4. The van der Waals surface area contributed by atoms with Gasteiger partial charge in [0.15, 0.2) is 0 Å². The third kappa shape index (κ3) is 7.37. The second-order valence-corrected chi connectivity index (χ2v) is 4.88. The van der Waals surface area contributed by atoms with E-state index in [9.17, 15) is 4.79 Å². The van der Waals surface area contributed by atoms with Crippen molar-refractivity contribution in [2.75, 3.05) is 0 Å². The van der Waals surface area contributed by atoms with E-state index in [1.165, 1.54) is 51.4 Å². The van der Waals surface area contributed by atoms with E-state index in [1.54, 1.807) is 0 Å². The molecule has 0 atom stereocenters. The average Bonchev–Trinajstić information content (AvgIpc) is 2.92. The summed E-state index contributed by atoms with van der Waals surface area (Å²) in [7, 11) is 0. The van der Waals surface area contributed by atoms with Crippen molar-refractivity contribution in [1.29, 1.82) is 0 Å². The summed E-state index contributed by atoms with van der Waals surface area (Å²) in [6, 6.07) is 0. The van der Waals surface area contributed by atoms with Crippen molar-refractivity contribution in [1.82, 2.24) is 0 Å². The molecule has 0 aromatic heterocycles. The zero-order chi connectivity index (χ0) is 10.2. The molecule has 0 spiro atoms. The first-order valence-electron chi connectivity index (χ1n) is 5.97. The molecule has 0 unspecified atom stereocenters. The lowest BCUT2D eigenvalue weighted by Crippen LogP contribution is -1.86. The Labute approximate surface area is 92.2 Å². The minimum absolute atomic E-state index is 0.182. The van der Waals surface area contributed by atoms with Gasteiger partial charge in [-0.1, -0.05) is 51.4 Å². The predicted octanol–water partition coefficient (Wildman–Crippen LogP) is 4.28. The van der Waals surface area contributed by atoms with Gasteiger partial charge in [0.2, 0.25) is 5.24 Å². The van der Waals surface area contributed by atoms with Crippen LogP contribution in [0, 0.1) is 5.92 Å². The van der Waals surface area contributed by atoms with E-state index in [0.717, 1.165) is 12.3 Å². The minimum Gasteiger partial charge on any atom is -0.281 e. The summed E-state index contributed by atoms with van der Waals surface area (Å²) in [5, 5.41) is -0.182. The number of hydrogen-bond donors (Lipinski definition) is 0. The van der Waals surface area contributed by atoms with Crippen molar-refractivity contribution in [3.63, 3.8) is 0 Å². The summed E-state index contributed by atoms with van der Waals surface area (Å²) >= 11 is 5.24. The average molecular weight is 217 g/mol. The van der Waals surface area contributed by atoms with Crippen LogP contribution in [0.15, 0.2) is 0 Å². The second-order valence-electron chi connectivity index (χ2n) is 4.46. The quantitative estimate of drug-likeness (QED) is 0.415. The monoisotopic (exact) mass is 216 g/mol. The van der Waals surface area contributed by atoms with Crippen LogP contribution in [-0.2, 0) is 4.79 Å². The fourth-order valence-corrected chi connectivity index (χ4v) is 1.94. The number of halogens is 1. The van der Waals surface area contributed by atoms with E-state index in [2.05, 4.69) is 0 Å². The second kappa shape index (κ2) is 7.28. The molecular formula is C12H21ClO. The normalized spacial score (nSPS) is 15.8. The van der Waals surface area contributed by atoms with Gasteiger partial charge < -0.3 is 0 Å². The van der Waals surface area contributed by atoms with E-state index in [1.807, 2.05) is 0 Å². The van der Waals surface area contributed by atoms with Crippen LogP contribution in [0.3, 0.4) is 0 Å². The molecule has 0 aromatic rings. The Morgan fingerprint density at radius 3 is 2.14 bits per heavy atom. The zero-order valence-corrected chi connectivity index (χ0v) is 9.69. The first-order chi connectivity index (χ1) is 6.79. The Bertz CT molecular complexity index is 164. The van der Waals surface area contributed by atoms with Crippen molar-refractivity contribution in [2.24, 2.45) is 5.92 Å². The first-order valence-corrected chi connectivity index (χ1v) is 6.35. The van der Waals surface area contributed by atoms with Crippen LogP contribution >= 0.6 is 11.6 Å². The summed E-state index contributed by atoms with van der Waals surface area (Å²) in [6.45, 7) is 0. The molecule has 1 fully saturated rings. The van der Waals surface area contributed by atoms with Crippen LogP contribution in [0.5, 0.6) is 0 Å². The lowest BCUT2D eigenvalue weighted by atomic mass is 10.1. The Balaban J connectivity index is 1.68. The Hall–Kier alpha value is -0.0400. The summed E-state index contributed by atoms with van der Waals surface area (Å²) in [5.74, 6) is 1.09. The molecule has 0 radical (unpaired) electrons. The Kier molecular flexibility index (Phi) is 6.25. The molecule has 1 saturated carbocycles. The van der Waals surface area contributed by atoms with Gasteiger partial charge in [-0.05, 0) is 23.9 Å². The van der Waals surface area contributed by atoms with Gasteiger partial charge in [0.25, 0.3) is 0 Å². The van der Waals surface area contributed by atoms with Crippen molar-refractivity contribution in [2.45, 2.75) is 64.2 Å². The number of unbranched alkanes of at least 4 members (excludes halogenated alkanes) is 5. The van der Waals surface area contributed by atoms with E-state index in [-0.39, 0.29) is 5.24 Å². The van der Waals surface area contributed by atoms with Crippen molar-refractivity contribution in [3.8, 4) is 0 Å². The number of carbonyl (C=O) groups is 1. The molecule has 0 N–H and O–H groups in total. The highest BCUT2D eigenvalue weighted by atomic mass is 35.5. The number of carbonyl (C=O) groups excluding carboxylic acids is 1. The Morgan fingerprint density at radius 2 is 1.57 bits per heavy atom. The maximum atomic E-state index is 10.4. The highest BCUT2D eigenvalue weighted by Crippen LogP contribution is 2.34. The van der Waals surface area contributed by atoms with E-state index in [0.29, 0.717) is 6.42 Å². The van der Waals surface area contributed by atoms with Crippen LogP contribution in [-0.4, -0.2) is 5.24 Å². The van der Waals surface area contributed by atoms with Crippen molar-refractivity contribution in [3.05, 3.63) is 0 Å². The fraction of sp³-hybridized carbons (Fsp3) is 0.917. The fourth-order valence-electron chi connectivity index (χ4n) is 1.81. The summed E-state index contributed by atoms with van der Waals surface area (Å²) < 4.78 is 0. The van der Waals surface area contributed by atoms with E-state index in [4.69, 9.17) is 11.6 Å². The van der Waals surface area contributed by atoms with Crippen LogP contribution in [0.1, 0.15) is 64.2 Å². The summed E-state index contributed by atoms with van der Waals surface area (Å²) in [5.41, 5.74) is 0. The van der Waals surface area contributed by atoms with Gasteiger partial charge in [-0.25, -0.2) is 0 Å². The molecule has 1 nitrogen and oxygen atoms in total. The smallest absolute Gasteiger partial charge is 0.221 e. The van der Waals surface area contributed by atoms with E-state index < -0.39 is 0 Å². The standard InChI is InChI=1S/C12H21ClO/c13-12(14)8-6-4-2-1-3-5-7-11-9-10-11/h11H,1-10H2. The molecule has 82 valence electrons. The SMILES string of the molecule is O=C(Cl)CCCCCCCCC1CC1. The van der Waals surface area contributed by atoms with Gasteiger partial charge in [0.1, 0.15) is 0 Å². The summed E-state index contributed by atoms with van der Waals surface area (Å²) in [6.07, 6.45) is 12.5. The van der Waals surface area contributed by atoms with Gasteiger partial charge in [0.05, 0.1) is 0 Å². The number of hydrogen-bond acceptors (Lipinski definition) is 1. The maximum Gasteiger partial charge on any atom is 0.221 e. The van der Waals surface area contributed by atoms with Gasteiger partial charge in [-0.2, -0.15) is 0 Å². The van der Waals surface area contributed by atoms with Crippen LogP contribution < -0.4 is 0 Å². The molecule has 0 heterocycles. The molecule has 1 aliphatic rings. The Morgan fingerprint density at radius 1 is 1.00 bits per heavy atom. The first kappa shape index (κ1) is 12.0. The third-order valence-electron chi connectivity index (χ3n) is 2.93. The van der Waals surface area contributed by atoms with Gasteiger partial charge >= 0.3 is 0 Å². The van der Waals surface area contributed by atoms with Crippen molar-refractivity contribution >= 4 is 16.8 Å².